The van der Waals surface area contributed by atoms with E-state index in [9.17, 15) is 9.59 Å². The van der Waals surface area contributed by atoms with Gasteiger partial charge in [0.1, 0.15) is 6.54 Å². The fraction of sp³-hybridized carbons (Fsp3) is 0.714. The van der Waals surface area contributed by atoms with Crippen LogP contribution < -0.4 is 5.73 Å². The number of esters is 1. The molecule has 0 aliphatic heterocycles. The van der Waals surface area contributed by atoms with Gasteiger partial charge in [-0.15, -0.1) is 0 Å². The molecule has 0 saturated carbocycles. The lowest BCUT2D eigenvalue weighted by Crippen LogP contribution is -2.39. The lowest BCUT2D eigenvalue weighted by molar-refractivity contribution is -0.146. The Kier molecular flexibility index (Phi) is 5.96. The van der Waals surface area contributed by atoms with Gasteiger partial charge >= 0.3 is 5.97 Å². The zero-order chi connectivity index (χ0) is 10.3. The Morgan fingerprint density at radius 2 is 2.15 bits per heavy atom. The Morgan fingerprint density at radius 3 is 2.54 bits per heavy atom. The minimum atomic E-state index is -0.477. The van der Waals surface area contributed by atoms with Crippen molar-refractivity contribution in [2.75, 3.05) is 26.7 Å². The molecule has 0 unspecified atom stereocenters. The largest absolute Gasteiger partial charge is 0.468 e. The van der Waals surface area contributed by atoms with E-state index >= 15 is 0 Å². The first-order valence-electron chi connectivity index (χ1n) is 3.90. The molecule has 0 rings (SSSR count). The van der Waals surface area contributed by atoms with E-state index in [1.165, 1.54) is 12.0 Å². The summed E-state index contributed by atoms with van der Waals surface area (Å²) in [6, 6.07) is 0. The maximum absolute atomic E-state index is 11.1. The third-order valence-corrected chi connectivity index (χ3v) is 1.47. The highest BCUT2D eigenvalue weighted by molar-refractivity contribution is 6.19. The highest BCUT2D eigenvalue weighted by atomic mass is 16.5. The van der Waals surface area contributed by atoms with E-state index in [2.05, 4.69) is 4.74 Å². The Hall–Kier alpha value is -1.04. The van der Waals surface area contributed by atoms with E-state index < -0.39 is 5.97 Å². The molecule has 0 aromatic heterocycles. The summed E-state index contributed by atoms with van der Waals surface area (Å²) >= 11 is 0. The molecule has 0 saturated heterocycles. The molecule has 0 aromatic carbocycles. The van der Waals surface area contributed by atoms with Crippen molar-refractivity contribution in [1.82, 2.24) is 4.90 Å². The molecule has 0 spiro atoms. The summed E-state index contributed by atoms with van der Waals surface area (Å²) in [5, 5.41) is 0. The molecule has 2 radical (unpaired) electrons. The van der Waals surface area contributed by atoms with E-state index in [1.54, 1.807) is 0 Å². The van der Waals surface area contributed by atoms with E-state index in [-0.39, 0.29) is 18.8 Å². The highest BCUT2D eigenvalue weighted by Crippen LogP contribution is 1.93. The van der Waals surface area contributed by atoms with Crippen LogP contribution in [0.2, 0.25) is 6.32 Å². The number of hydrogen-bond acceptors (Lipinski definition) is 4. The van der Waals surface area contributed by atoms with Crippen LogP contribution in [0.4, 0.5) is 0 Å². The van der Waals surface area contributed by atoms with Crippen LogP contribution in [-0.2, 0) is 14.3 Å². The second-order valence-electron chi connectivity index (χ2n) is 2.38. The summed E-state index contributed by atoms with van der Waals surface area (Å²) in [4.78, 5) is 23.2. The van der Waals surface area contributed by atoms with Crippen molar-refractivity contribution < 1.29 is 14.3 Å². The number of hydrogen-bond donors (Lipinski definition) is 1. The van der Waals surface area contributed by atoms with Gasteiger partial charge in [-0.05, 0) is 6.32 Å². The maximum Gasteiger partial charge on any atom is 0.325 e. The zero-order valence-corrected chi connectivity index (χ0v) is 7.66. The molecule has 0 atom stereocenters. The fourth-order valence-electron chi connectivity index (χ4n) is 0.797. The second-order valence-corrected chi connectivity index (χ2v) is 2.38. The van der Waals surface area contributed by atoms with Crippen LogP contribution in [0.3, 0.4) is 0 Å². The van der Waals surface area contributed by atoms with Gasteiger partial charge in [0.05, 0.1) is 15.0 Å². The molecule has 0 heterocycles. The molecule has 0 aliphatic carbocycles. The molecule has 0 bridgehead atoms. The van der Waals surface area contributed by atoms with Crippen LogP contribution >= 0.6 is 0 Å². The second kappa shape index (κ2) is 6.48. The third kappa shape index (κ3) is 4.52. The Balaban J connectivity index is 4.08. The molecule has 0 aliphatic rings. The molecule has 1 amide bonds. The maximum atomic E-state index is 11.1. The predicted molar refractivity (Wildman–Crippen MR) is 48.2 cm³/mol. The minimum absolute atomic E-state index is 0.0935. The normalized spacial score (nSPS) is 9.38. The van der Waals surface area contributed by atoms with Crippen molar-refractivity contribution in [1.29, 1.82) is 0 Å². The van der Waals surface area contributed by atoms with Crippen LogP contribution in [0, 0.1) is 0 Å². The van der Waals surface area contributed by atoms with Crippen molar-refractivity contribution in [3.63, 3.8) is 0 Å². The summed E-state index contributed by atoms with van der Waals surface area (Å²) in [7, 11) is 6.40. The summed E-state index contributed by atoms with van der Waals surface area (Å²) < 4.78 is 4.41. The fourth-order valence-corrected chi connectivity index (χ4v) is 0.797. The van der Waals surface area contributed by atoms with Gasteiger partial charge < -0.3 is 15.4 Å². The number of amides is 1. The lowest BCUT2D eigenvalue weighted by atomic mass is 10.0. The summed E-state index contributed by atoms with van der Waals surface area (Å²) in [5.41, 5.74) is 5.25. The van der Waals surface area contributed by atoms with Gasteiger partial charge in [-0.3, -0.25) is 9.59 Å². The van der Waals surface area contributed by atoms with Crippen molar-refractivity contribution in [3.05, 3.63) is 0 Å². The Morgan fingerprint density at radius 1 is 1.54 bits per heavy atom. The van der Waals surface area contributed by atoms with Crippen molar-refractivity contribution in [3.8, 4) is 0 Å². The number of methoxy groups -OCH3 is 1. The number of carbonyl (C=O) groups excluding carboxylic acids is 2. The first kappa shape index (κ1) is 12.0. The molecular formula is C7H13BN2O3. The third-order valence-electron chi connectivity index (χ3n) is 1.47. The van der Waals surface area contributed by atoms with Crippen molar-refractivity contribution in [2.24, 2.45) is 5.73 Å². The van der Waals surface area contributed by atoms with Gasteiger partial charge in [0, 0.05) is 13.1 Å². The quantitative estimate of drug-likeness (QED) is 0.418. The van der Waals surface area contributed by atoms with E-state index in [0.29, 0.717) is 13.1 Å². The average molecular weight is 184 g/mol. The van der Waals surface area contributed by atoms with Crippen LogP contribution in [-0.4, -0.2) is 51.4 Å². The standard InChI is InChI=1S/C7H13BN2O3/c1-13-7(12)5-10(3-2-9)6(11)4-8/h2-5,9H2,1H3. The molecular weight excluding hydrogens is 171 g/mol. The van der Waals surface area contributed by atoms with E-state index in [0.717, 1.165) is 0 Å². The number of nitrogens with zero attached hydrogens (tertiary/aromatic N) is 1. The first-order chi connectivity index (χ1) is 6.15. The minimum Gasteiger partial charge on any atom is -0.468 e. The number of rotatable bonds is 5. The van der Waals surface area contributed by atoms with Gasteiger partial charge in [0.15, 0.2) is 0 Å². The molecule has 6 heteroatoms. The summed E-state index contributed by atoms with van der Waals surface area (Å²) in [6.07, 6.45) is -0.128. The summed E-state index contributed by atoms with van der Waals surface area (Å²) in [6.45, 7) is 0.512. The van der Waals surface area contributed by atoms with Gasteiger partial charge in [-0.1, -0.05) is 0 Å². The van der Waals surface area contributed by atoms with Gasteiger partial charge in [0.25, 0.3) is 0 Å². The SMILES string of the molecule is [B]CC(=O)N(CCN)CC(=O)OC. The number of nitrogens with two attached hydrogens (primary N) is 1. The molecule has 0 aromatic rings. The molecule has 0 fully saturated rings. The Labute approximate surface area is 78.6 Å². The van der Waals surface area contributed by atoms with Gasteiger partial charge in [-0.25, -0.2) is 0 Å². The molecule has 5 nitrogen and oxygen atoms in total. The van der Waals surface area contributed by atoms with Gasteiger partial charge in [0.2, 0.25) is 5.91 Å². The summed E-state index contributed by atoms with van der Waals surface area (Å²) in [5.74, 6) is -0.786. The smallest absolute Gasteiger partial charge is 0.325 e. The van der Waals surface area contributed by atoms with Crippen LogP contribution in [0.15, 0.2) is 0 Å². The van der Waals surface area contributed by atoms with Crippen LogP contribution in [0.5, 0.6) is 0 Å². The number of ether oxygens (including phenoxy) is 1. The van der Waals surface area contributed by atoms with Gasteiger partial charge in [-0.2, -0.15) is 0 Å². The zero-order valence-electron chi connectivity index (χ0n) is 7.66. The first-order valence-corrected chi connectivity index (χ1v) is 3.90. The monoisotopic (exact) mass is 184 g/mol. The van der Waals surface area contributed by atoms with Crippen LogP contribution in [0.25, 0.3) is 0 Å². The molecule has 2 N–H and O–H groups in total. The predicted octanol–water partition coefficient (Wildman–Crippen LogP) is -1.47. The van der Waals surface area contributed by atoms with E-state index in [1.807, 2.05) is 0 Å². The molecule has 13 heavy (non-hydrogen) atoms. The topological polar surface area (TPSA) is 72.6 Å². The number of carbonyl (C=O) groups is 2. The molecule has 72 valence electrons. The van der Waals surface area contributed by atoms with E-state index in [4.69, 9.17) is 13.6 Å². The average Bonchev–Trinajstić information content (AvgIpc) is 2.15. The van der Waals surface area contributed by atoms with Crippen molar-refractivity contribution >= 4 is 19.7 Å². The Bertz CT molecular complexity index is 187. The van der Waals surface area contributed by atoms with Crippen molar-refractivity contribution in [2.45, 2.75) is 6.32 Å². The highest BCUT2D eigenvalue weighted by Gasteiger charge is 2.14. The van der Waals surface area contributed by atoms with Crippen LogP contribution in [0.1, 0.15) is 0 Å². The lowest BCUT2D eigenvalue weighted by Gasteiger charge is -2.19.